The lowest BCUT2D eigenvalue weighted by Crippen LogP contribution is -2.53. The number of amides is 1. The van der Waals surface area contributed by atoms with Crippen molar-refractivity contribution in [3.05, 3.63) is 52.8 Å². The SMILES string of the molecule is C[C@H](c1ccc(Cl)cc1F)n1nnc2ccc(N3CCN(C(=O)C4CCCN4)CC3)cc21. The second kappa shape index (κ2) is 8.67. The summed E-state index contributed by atoms with van der Waals surface area (Å²) in [6.45, 7) is 5.78. The highest BCUT2D eigenvalue weighted by Crippen LogP contribution is 2.28. The number of hydrogen-bond acceptors (Lipinski definition) is 5. The van der Waals surface area contributed by atoms with Crippen LogP contribution >= 0.6 is 11.6 Å². The molecule has 1 N–H and O–H groups in total. The third-order valence-corrected chi connectivity index (χ3v) is 6.78. The van der Waals surface area contributed by atoms with E-state index in [1.54, 1.807) is 16.8 Å². The van der Waals surface area contributed by atoms with E-state index in [1.165, 1.54) is 6.07 Å². The first-order chi connectivity index (χ1) is 15.5. The van der Waals surface area contributed by atoms with Gasteiger partial charge in [-0.2, -0.15) is 0 Å². The monoisotopic (exact) mass is 456 g/mol. The van der Waals surface area contributed by atoms with Gasteiger partial charge in [0.25, 0.3) is 0 Å². The molecule has 1 aromatic heterocycles. The topological polar surface area (TPSA) is 66.3 Å². The minimum atomic E-state index is -0.359. The molecule has 0 saturated carbocycles. The van der Waals surface area contributed by atoms with Crippen molar-refractivity contribution in [2.24, 2.45) is 0 Å². The van der Waals surface area contributed by atoms with Crippen LogP contribution < -0.4 is 10.2 Å². The van der Waals surface area contributed by atoms with Crippen LogP contribution in [0.5, 0.6) is 0 Å². The van der Waals surface area contributed by atoms with Crippen LogP contribution in [-0.4, -0.2) is 64.6 Å². The smallest absolute Gasteiger partial charge is 0.239 e. The lowest BCUT2D eigenvalue weighted by atomic mass is 10.1. The first-order valence-corrected chi connectivity index (χ1v) is 11.5. The zero-order valence-corrected chi connectivity index (χ0v) is 18.7. The summed E-state index contributed by atoms with van der Waals surface area (Å²) in [7, 11) is 0. The molecule has 2 aromatic carbocycles. The summed E-state index contributed by atoms with van der Waals surface area (Å²) in [6, 6.07) is 10.4. The minimum absolute atomic E-state index is 0.0203. The number of aromatic nitrogens is 3. The molecule has 0 spiro atoms. The Bertz CT molecular complexity index is 1140. The zero-order valence-electron chi connectivity index (χ0n) is 18.0. The number of hydrogen-bond donors (Lipinski definition) is 1. The molecule has 2 saturated heterocycles. The van der Waals surface area contributed by atoms with E-state index in [1.807, 2.05) is 24.0 Å². The molecule has 5 rings (SSSR count). The van der Waals surface area contributed by atoms with Crippen LogP contribution in [-0.2, 0) is 4.79 Å². The van der Waals surface area contributed by atoms with E-state index >= 15 is 0 Å². The second-order valence-electron chi connectivity index (χ2n) is 8.51. The number of rotatable bonds is 4. The van der Waals surface area contributed by atoms with Crippen LogP contribution in [0.15, 0.2) is 36.4 Å². The van der Waals surface area contributed by atoms with Crippen molar-refractivity contribution in [3.8, 4) is 0 Å². The number of carbonyl (C=O) groups is 1. The van der Waals surface area contributed by atoms with Gasteiger partial charge in [0.1, 0.15) is 11.3 Å². The van der Waals surface area contributed by atoms with Crippen molar-refractivity contribution in [2.45, 2.75) is 31.8 Å². The summed E-state index contributed by atoms with van der Waals surface area (Å²) in [6.07, 6.45) is 2.00. The molecular formula is C23H26ClFN6O. The van der Waals surface area contributed by atoms with Gasteiger partial charge in [-0.3, -0.25) is 4.79 Å². The van der Waals surface area contributed by atoms with Gasteiger partial charge in [0.2, 0.25) is 5.91 Å². The number of benzene rings is 2. The Morgan fingerprint density at radius 1 is 1.19 bits per heavy atom. The van der Waals surface area contributed by atoms with E-state index in [0.29, 0.717) is 23.7 Å². The van der Waals surface area contributed by atoms with Gasteiger partial charge >= 0.3 is 0 Å². The number of carbonyl (C=O) groups excluding carboxylic acids is 1. The predicted molar refractivity (Wildman–Crippen MR) is 123 cm³/mol. The van der Waals surface area contributed by atoms with Gasteiger partial charge in [-0.15, -0.1) is 5.10 Å². The third kappa shape index (κ3) is 3.93. The molecule has 0 aliphatic carbocycles. The quantitative estimate of drug-likeness (QED) is 0.653. The lowest BCUT2D eigenvalue weighted by molar-refractivity contribution is -0.133. The third-order valence-electron chi connectivity index (χ3n) is 6.55. The molecular weight excluding hydrogens is 431 g/mol. The van der Waals surface area contributed by atoms with Crippen molar-refractivity contribution in [3.63, 3.8) is 0 Å². The molecule has 3 heterocycles. The van der Waals surface area contributed by atoms with E-state index in [2.05, 4.69) is 26.6 Å². The number of nitrogens with zero attached hydrogens (tertiary/aromatic N) is 5. The number of piperazine rings is 1. The van der Waals surface area contributed by atoms with Gasteiger partial charge in [0.05, 0.1) is 17.6 Å². The standard InChI is InChI=1S/C23H26ClFN6O/c1-15(18-6-4-16(24)13-19(18)25)31-22-14-17(5-7-20(22)27-28-31)29-9-11-30(12-10-29)23(32)21-3-2-8-26-21/h4-7,13-15,21,26H,2-3,8-12H2,1H3/t15-,21?/m1/s1. The Labute approximate surface area is 191 Å². The fraction of sp³-hybridized carbons (Fsp3) is 0.435. The Kier molecular flexibility index (Phi) is 5.73. The summed E-state index contributed by atoms with van der Waals surface area (Å²) >= 11 is 5.91. The minimum Gasteiger partial charge on any atom is -0.368 e. The maximum atomic E-state index is 14.5. The summed E-state index contributed by atoms with van der Waals surface area (Å²) in [5.74, 6) is -0.138. The van der Waals surface area contributed by atoms with E-state index in [4.69, 9.17) is 11.6 Å². The molecule has 32 heavy (non-hydrogen) atoms. The van der Waals surface area contributed by atoms with Crippen LogP contribution in [0.2, 0.25) is 5.02 Å². The maximum absolute atomic E-state index is 14.5. The zero-order chi connectivity index (χ0) is 22.2. The van der Waals surface area contributed by atoms with E-state index < -0.39 is 0 Å². The molecule has 0 radical (unpaired) electrons. The van der Waals surface area contributed by atoms with E-state index in [-0.39, 0.29) is 23.8 Å². The highest BCUT2D eigenvalue weighted by molar-refractivity contribution is 6.30. The molecule has 2 fully saturated rings. The molecule has 7 nitrogen and oxygen atoms in total. The fourth-order valence-electron chi connectivity index (χ4n) is 4.68. The molecule has 2 aliphatic rings. The highest BCUT2D eigenvalue weighted by atomic mass is 35.5. The number of nitrogens with one attached hydrogen (secondary N) is 1. The van der Waals surface area contributed by atoms with E-state index in [0.717, 1.165) is 49.2 Å². The molecule has 9 heteroatoms. The van der Waals surface area contributed by atoms with Crippen LogP contribution in [0.3, 0.4) is 0 Å². The first-order valence-electron chi connectivity index (χ1n) is 11.1. The maximum Gasteiger partial charge on any atom is 0.239 e. The fourth-order valence-corrected chi connectivity index (χ4v) is 4.84. The molecule has 2 aliphatic heterocycles. The van der Waals surface area contributed by atoms with Crippen molar-refractivity contribution in [1.29, 1.82) is 0 Å². The van der Waals surface area contributed by atoms with Gasteiger partial charge in [-0.1, -0.05) is 22.9 Å². The molecule has 168 valence electrons. The molecule has 3 aromatic rings. The van der Waals surface area contributed by atoms with Crippen LogP contribution in [0.25, 0.3) is 11.0 Å². The summed E-state index contributed by atoms with van der Waals surface area (Å²) in [5.41, 5.74) is 3.17. The molecule has 1 unspecified atom stereocenters. The van der Waals surface area contributed by atoms with Crippen LogP contribution in [0, 0.1) is 5.82 Å². The normalized spacial score (nSPS) is 20.2. The Morgan fingerprint density at radius 2 is 2.00 bits per heavy atom. The number of fused-ring (bicyclic) bond motifs is 1. The lowest BCUT2D eigenvalue weighted by Gasteiger charge is -2.37. The predicted octanol–water partition coefficient (Wildman–Crippen LogP) is 3.23. The van der Waals surface area contributed by atoms with E-state index in [9.17, 15) is 9.18 Å². The second-order valence-corrected chi connectivity index (χ2v) is 8.95. The first kappa shape index (κ1) is 21.2. The van der Waals surface area contributed by atoms with Gasteiger partial charge in [-0.05, 0) is 56.6 Å². The van der Waals surface area contributed by atoms with Crippen molar-refractivity contribution in [2.75, 3.05) is 37.6 Å². The Balaban J connectivity index is 1.34. The van der Waals surface area contributed by atoms with Gasteiger partial charge < -0.3 is 15.1 Å². The molecule has 1 amide bonds. The van der Waals surface area contributed by atoms with Crippen LogP contribution in [0.4, 0.5) is 10.1 Å². The summed E-state index contributed by atoms with van der Waals surface area (Å²) in [5, 5.41) is 12.2. The van der Waals surface area contributed by atoms with Gasteiger partial charge in [0.15, 0.2) is 0 Å². The van der Waals surface area contributed by atoms with Gasteiger partial charge in [0, 0.05) is 42.5 Å². The average Bonchev–Trinajstić information content (AvgIpc) is 3.48. The number of anilines is 1. The van der Waals surface area contributed by atoms with Crippen molar-refractivity contribution < 1.29 is 9.18 Å². The van der Waals surface area contributed by atoms with Crippen LogP contribution in [0.1, 0.15) is 31.4 Å². The molecule has 0 bridgehead atoms. The summed E-state index contributed by atoms with van der Waals surface area (Å²) in [4.78, 5) is 16.9. The number of halogens is 2. The van der Waals surface area contributed by atoms with Crippen molar-refractivity contribution >= 4 is 34.2 Å². The highest BCUT2D eigenvalue weighted by Gasteiger charge is 2.29. The van der Waals surface area contributed by atoms with Crippen molar-refractivity contribution in [1.82, 2.24) is 25.2 Å². The summed E-state index contributed by atoms with van der Waals surface area (Å²) < 4.78 is 16.2. The largest absolute Gasteiger partial charge is 0.368 e. The Morgan fingerprint density at radius 3 is 2.72 bits per heavy atom. The van der Waals surface area contributed by atoms with Gasteiger partial charge in [-0.25, -0.2) is 9.07 Å². The Hall–Kier alpha value is -2.71. The molecule has 2 atom stereocenters. The average molecular weight is 457 g/mol.